The normalized spacial score (nSPS) is 11.1. The van der Waals surface area contributed by atoms with Gasteiger partial charge in [-0.3, -0.25) is 0 Å². The monoisotopic (exact) mass is 336 g/mol. The molecule has 96 valence electrons. The molecule has 0 unspecified atom stereocenters. The van der Waals surface area contributed by atoms with Gasteiger partial charge in [-0.15, -0.1) is 0 Å². The van der Waals surface area contributed by atoms with E-state index in [4.69, 9.17) is 11.6 Å². The molecule has 0 aliphatic carbocycles. The number of phenolic OH excluding ortho intramolecular Hbond substituents is 1. The quantitative estimate of drug-likeness (QED) is 0.716. The Balaban J connectivity index is 2.24. The fourth-order valence-corrected chi connectivity index (χ4v) is 2.50. The SMILES string of the molecule is Cn1c(-c2ccc(Br)c(O)c2)nc2cc(Cl)ccc21. The number of rotatable bonds is 1. The maximum Gasteiger partial charge on any atom is 0.140 e. The van der Waals surface area contributed by atoms with Crippen molar-refractivity contribution in [1.82, 2.24) is 9.55 Å². The van der Waals surface area contributed by atoms with Crippen LogP contribution in [0.4, 0.5) is 0 Å². The van der Waals surface area contributed by atoms with E-state index in [1.807, 2.05) is 35.9 Å². The largest absolute Gasteiger partial charge is 0.507 e. The lowest BCUT2D eigenvalue weighted by atomic mass is 10.2. The molecule has 5 heteroatoms. The maximum atomic E-state index is 9.77. The molecule has 1 heterocycles. The summed E-state index contributed by atoms with van der Waals surface area (Å²) < 4.78 is 2.65. The molecule has 0 atom stereocenters. The van der Waals surface area contributed by atoms with Crippen molar-refractivity contribution in [3.63, 3.8) is 0 Å². The van der Waals surface area contributed by atoms with Crippen molar-refractivity contribution >= 4 is 38.6 Å². The summed E-state index contributed by atoms with van der Waals surface area (Å²) >= 11 is 9.25. The average Bonchev–Trinajstić information content (AvgIpc) is 2.70. The average molecular weight is 338 g/mol. The molecule has 0 amide bonds. The highest BCUT2D eigenvalue weighted by Crippen LogP contribution is 2.31. The highest BCUT2D eigenvalue weighted by molar-refractivity contribution is 9.10. The number of aromatic nitrogens is 2. The van der Waals surface area contributed by atoms with E-state index in [1.165, 1.54) is 0 Å². The number of aryl methyl sites for hydroxylation is 1. The van der Waals surface area contributed by atoms with Crippen LogP contribution >= 0.6 is 27.5 Å². The second-order valence-electron chi connectivity index (χ2n) is 4.29. The number of halogens is 2. The summed E-state index contributed by atoms with van der Waals surface area (Å²) in [6, 6.07) is 11.0. The lowest BCUT2D eigenvalue weighted by molar-refractivity contribution is 0.472. The minimum absolute atomic E-state index is 0.197. The zero-order chi connectivity index (χ0) is 13.6. The third kappa shape index (κ3) is 2.11. The number of imidazole rings is 1. The second-order valence-corrected chi connectivity index (χ2v) is 5.58. The number of fused-ring (bicyclic) bond motifs is 1. The Labute approximate surface area is 123 Å². The van der Waals surface area contributed by atoms with E-state index in [0.717, 1.165) is 22.4 Å². The van der Waals surface area contributed by atoms with E-state index in [1.54, 1.807) is 12.1 Å². The molecule has 1 aromatic heterocycles. The lowest BCUT2D eigenvalue weighted by Gasteiger charge is -2.04. The Morgan fingerprint density at radius 2 is 2.00 bits per heavy atom. The fraction of sp³-hybridized carbons (Fsp3) is 0.0714. The standard InChI is InChI=1S/C14H10BrClN2O/c1-18-12-5-3-9(16)7-11(12)17-14(18)8-2-4-10(15)13(19)6-8/h2-7,19H,1H3. The number of benzene rings is 2. The Hall–Kier alpha value is -1.52. The topological polar surface area (TPSA) is 38.0 Å². The Kier molecular flexibility index (Phi) is 2.99. The van der Waals surface area contributed by atoms with Gasteiger partial charge in [0.05, 0.1) is 15.5 Å². The van der Waals surface area contributed by atoms with Crippen molar-refractivity contribution < 1.29 is 5.11 Å². The van der Waals surface area contributed by atoms with Gasteiger partial charge in [-0.1, -0.05) is 11.6 Å². The molecule has 0 radical (unpaired) electrons. The predicted octanol–water partition coefficient (Wildman–Crippen LogP) is 4.36. The first-order chi connectivity index (χ1) is 9.06. The highest BCUT2D eigenvalue weighted by atomic mass is 79.9. The van der Waals surface area contributed by atoms with Gasteiger partial charge in [0.1, 0.15) is 11.6 Å². The van der Waals surface area contributed by atoms with Gasteiger partial charge in [0.2, 0.25) is 0 Å². The zero-order valence-electron chi connectivity index (χ0n) is 10.1. The summed E-state index contributed by atoms with van der Waals surface area (Å²) in [7, 11) is 1.94. The van der Waals surface area contributed by atoms with Crippen LogP contribution in [0, 0.1) is 0 Å². The Morgan fingerprint density at radius 1 is 1.21 bits per heavy atom. The molecule has 0 saturated heterocycles. The molecule has 3 aromatic rings. The molecule has 0 saturated carbocycles. The van der Waals surface area contributed by atoms with E-state index >= 15 is 0 Å². The first-order valence-corrected chi connectivity index (χ1v) is 6.84. The maximum absolute atomic E-state index is 9.77. The molecule has 0 fully saturated rings. The van der Waals surface area contributed by atoms with Crippen molar-refractivity contribution in [1.29, 1.82) is 0 Å². The minimum Gasteiger partial charge on any atom is -0.507 e. The number of aromatic hydroxyl groups is 1. The molecule has 0 aliphatic heterocycles. The van der Waals surface area contributed by atoms with Crippen LogP contribution in [-0.4, -0.2) is 14.7 Å². The number of phenols is 1. The van der Waals surface area contributed by atoms with Gasteiger partial charge in [0.15, 0.2) is 0 Å². The van der Waals surface area contributed by atoms with E-state index in [9.17, 15) is 5.11 Å². The molecule has 0 bridgehead atoms. The van der Waals surface area contributed by atoms with Crippen molar-refractivity contribution in [2.45, 2.75) is 0 Å². The van der Waals surface area contributed by atoms with Gasteiger partial charge in [-0.2, -0.15) is 0 Å². The molecular formula is C14H10BrClN2O. The summed E-state index contributed by atoms with van der Waals surface area (Å²) in [5.74, 6) is 0.989. The summed E-state index contributed by atoms with van der Waals surface area (Å²) in [5.41, 5.74) is 2.70. The fourth-order valence-electron chi connectivity index (χ4n) is 2.08. The zero-order valence-corrected chi connectivity index (χ0v) is 12.4. The van der Waals surface area contributed by atoms with Crippen LogP contribution in [0.3, 0.4) is 0 Å². The second kappa shape index (κ2) is 4.54. The number of hydrogen-bond acceptors (Lipinski definition) is 2. The Bertz CT molecular complexity index is 782. The van der Waals surface area contributed by atoms with E-state index < -0.39 is 0 Å². The highest BCUT2D eigenvalue weighted by Gasteiger charge is 2.11. The molecule has 3 nitrogen and oxygen atoms in total. The third-order valence-electron chi connectivity index (χ3n) is 3.05. The number of hydrogen-bond donors (Lipinski definition) is 1. The Morgan fingerprint density at radius 3 is 2.74 bits per heavy atom. The van der Waals surface area contributed by atoms with Crippen molar-refractivity contribution in [2.75, 3.05) is 0 Å². The van der Waals surface area contributed by atoms with Crippen molar-refractivity contribution in [2.24, 2.45) is 7.05 Å². The smallest absolute Gasteiger partial charge is 0.140 e. The predicted molar refractivity (Wildman–Crippen MR) is 80.5 cm³/mol. The molecule has 3 rings (SSSR count). The third-order valence-corrected chi connectivity index (χ3v) is 3.95. The van der Waals surface area contributed by atoms with Crippen LogP contribution in [0.15, 0.2) is 40.9 Å². The number of nitrogens with zero attached hydrogens (tertiary/aromatic N) is 2. The first-order valence-electron chi connectivity index (χ1n) is 5.67. The van der Waals surface area contributed by atoms with Crippen LogP contribution in [-0.2, 0) is 7.05 Å². The molecule has 1 N–H and O–H groups in total. The van der Waals surface area contributed by atoms with E-state index in [0.29, 0.717) is 9.50 Å². The summed E-state index contributed by atoms with van der Waals surface area (Å²) in [6.45, 7) is 0. The van der Waals surface area contributed by atoms with Gasteiger partial charge < -0.3 is 9.67 Å². The molecule has 0 aliphatic rings. The molecule has 2 aromatic carbocycles. The van der Waals surface area contributed by atoms with Gasteiger partial charge in [-0.25, -0.2) is 4.98 Å². The van der Waals surface area contributed by atoms with Crippen LogP contribution in [0.2, 0.25) is 5.02 Å². The van der Waals surface area contributed by atoms with Crippen molar-refractivity contribution in [3.8, 4) is 17.1 Å². The summed E-state index contributed by atoms with van der Waals surface area (Å²) in [4.78, 5) is 4.57. The van der Waals surface area contributed by atoms with Crippen molar-refractivity contribution in [3.05, 3.63) is 45.9 Å². The van der Waals surface area contributed by atoms with E-state index in [-0.39, 0.29) is 5.75 Å². The van der Waals surface area contributed by atoms with E-state index in [2.05, 4.69) is 20.9 Å². The molecule has 19 heavy (non-hydrogen) atoms. The van der Waals surface area contributed by atoms with Crippen LogP contribution < -0.4 is 0 Å². The molecule has 0 spiro atoms. The van der Waals surface area contributed by atoms with Crippen LogP contribution in [0.5, 0.6) is 5.75 Å². The summed E-state index contributed by atoms with van der Waals surface area (Å²) in [6.07, 6.45) is 0. The summed E-state index contributed by atoms with van der Waals surface area (Å²) in [5, 5.41) is 10.4. The first kappa shape index (κ1) is 12.5. The van der Waals surface area contributed by atoms with Gasteiger partial charge in [0.25, 0.3) is 0 Å². The van der Waals surface area contributed by atoms with Gasteiger partial charge >= 0.3 is 0 Å². The van der Waals surface area contributed by atoms with Gasteiger partial charge in [-0.05, 0) is 52.3 Å². The molecular weight excluding hydrogens is 328 g/mol. The minimum atomic E-state index is 0.197. The lowest BCUT2D eigenvalue weighted by Crippen LogP contribution is -1.92. The van der Waals surface area contributed by atoms with Crippen LogP contribution in [0.25, 0.3) is 22.4 Å². The van der Waals surface area contributed by atoms with Crippen LogP contribution in [0.1, 0.15) is 0 Å². The van der Waals surface area contributed by atoms with Gasteiger partial charge in [0, 0.05) is 17.6 Å².